The Morgan fingerprint density at radius 3 is 2.25 bits per heavy atom. The molecule has 13 heteroatoms. The highest BCUT2D eigenvalue weighted by Crippen LogP contribution is 2.33. The molecule has 220 valence electrons. The smallest absolute Gasteiger partial charge is 0.341 e. The monoisotopic (exact) mass is 577 g/mol. The van der Waals surface area contributed by atoms with Gasteiger partial charge in [-0.15, -0.1) is 0 Å². The van der Waals surface area contributed by atoms with E-state index in [2.05, 4.69) is 26.6 Å². The van der Waals surface area contributed by atoms with Gasteiger partial charge in [0.2, 0.25) is 17.7 Å². The molecule has 0 bridgehead atoms. The molecule has 3 rings (SSSR count). The molecule has 5 amide bonds. The summed E-state index contributed by atoms with van der Waals surface area (Å²) in [6, 6.07) is 7.19. The van der Waals surface area contributed by atoms with Crippen LogP contribution in [0.4, 0.5) is 4.79 Å². The highest BCUT2D eigenvalue weighted by molar-refractivity contribution is 8.00. The molecule has 0 aliphatic carbocycles. The summed E-state index contributed by atoms with van der Waals surface area (Å²) in [7, 11) is 0. The van der Waals surface area contributed by atoms with E-state index in [0.717, 1.165) is 30.6 Å². The lowest BCUT2D eigenvalue weighted by Gasteiger charge is -2.16. The first kappa shape index (κ1) is 31.1. The summed E-state index contributed by atoms with van der Waals surface area (Å²) in [5.41, 5.74) is 0.793. The summed E-state index contributed by atoms with van der Waals surface area (Å²) >= 11 is 1.87. The van der Waals surface area contributed by atoms with Crippen molar-refractivity contribution < 1.29 is 33.8 Å². The van der Waals surface area contributed by atoms with Crippen molar-refractivity contribution >= 4 is 41.5 Å². The molecule has 2 fully saturated rings. The van der Waals surface area contributed by atoms with Crippen molar-refractivity contribution in [3.8, 4) is 5.75 Å². The Labute approximate surface area is 238 Å². The summed E-state index contributed by atoms with van der Waals surface area (Å²) in [5.74, 6) is 0.0115. The molecule has 1 aromatic carbocycles. The van der Waals surface area contributed by atoms with Gasteiger partial charge in [-0.3, -0.25) is 14.4 Å². The molecule has 12 nitrogen and oxygen atoms in total. The molecule has 3 atom stereocenters. The van der Waals surface area contributed by atoms with E-state index in [1.807, 2.05) is 17.8 Å². The minimum absolute atomic E-state index is 0.0347. The van der Waals surface area contributed by atoms with Crippen LogP contribution in [0.1, 0.15) is 56.9 Å². The fraction of sp³-hybridized carbons (Fsp3) is 0.593. The summed E-state index contributed by atoms with van der Waals surface area (Å²) < 4.78 is 5.13. The third-order valence-electron chi connectivity index (χ3n) is 6.66. The van der Waals surface area contributed by atoms with Crippen LogP contribution in [0.3, 0.4) is 0 Å². The Hall–Kier alpha value is -3.48. The van der Waals surface area contributed by atoms with Crippen LogP contribution in [-0.4, -0.2) is 77.6 Å². The first-order valence-electron chi connectivity index (χ1n) is 13.7. The van der Waals surface area contributed by atoms with E-state index >= 15 is 0 Å². The SMILES string of the molecule is O=C(O)COc1cccc(CNC(=O)CCCCC(=O)NCCNC(=O)CCCC[C@@H]2SC[C@@H]3NC(=O)N[C@@H]32)c1. The van der Waals surface area contributed by atoms with Crippen LogP contribution < -0.4 is 31.3 Å². The van der Waals surface area contributed by atoms with Crippen molar-refractivity contribution in [3.63, 3.8) is 0 Å². The van der Waals surface area contributed by atoms with Gasteiger partial charge in [0.15, 0.2) is 6.61 Å². The number of nitrogens with one attached hydrogen (secondary N) is 5. The Balaban J connectivity index is 1.13. The second-order valence-electron chi connectivity index (χ2n) is 9.88. The second kappa shape index (κ2) is 16.6. The van der Waals surface area contributed by atoms with Crippen LogP contribution >= 0.6 is 11.8 Å². The molecule has 0 unspecified atom stereocenters. The quantitative estimate of drug-likeness (QED) is 0.112. The van der Waals surface area contributed by atoms with Gasteiger partial charge in [0.25, 0.3) is 0 Å². The number of carbonyl (C=O) groups excluding carboxylic acids is 4. The Morgan fingerprint density at radius 2 is 1.57 bits per heavy atom. The second-order valence-corrected chi connectivity index (χ2v) is 11.2. The number of unbranched alkanes of at least 4 members (excludes halogenated alkanes) is 2. The van der Waals surface area contributed by atoms with Gasteiger partial charge < -0.3 is 36.4 Å². The van der Waals surface area contributed by atoms with Crippen molar-refractivity contribution in [2.24, 2.45) is 0 Å². The molecule has 6 N–H and O–H groups in total. The number of benzene rings is 1. The van der Waals surface area contributed by atoms with Gasteiger partial charge in [0, 0.05) is 49.9 Å². The van der Waals surface area contributed by atoms with Gasteiger partial charge in [-0.1, -0.05) is 18.6 Å². The van der Waals surface area contributed by atoms with Crippen molar-refractivity contribution in [1.29, 1.82) is 0 Å². The number of amides is 5. The zero-order chi connectivity index (χ0) is 28.7. The van der Waals surface area contributed by atoms with Crippen LogP contribution in [0, 0.1) is 0 Å². The number of carboxylic acid groups (broad SMARTS) is 1. The molecule has 2 aliphatic rings. The number of carboxylic acids is 1. The Kier molecular flexibility index (Phi) is 12.9. The predicted molar refractivity (Wildman–Crippen MR) is 150 cm³/mol. The Morgan fingerprint density at radius 1 is 0.925 bits per heavy atom. The zero-order valence-corrected chi connectivity index (χ0v) is 23.4. The molecule has 2 aliphatic heterocycles. The summed E-state index contributed by atoms with van der Waals surface area (Å²) in [6.45, 7) is 0.596. The predicted octanol–water partition coefficient (Wildman–Crippen LogP) is 1.28. The van der Waals surface area contributed by atoms with Crippen LogP contribution in [0.15, 0.2) is 24.3 Å². The minimum atomic E-state index is -1.06. The molecule has 1 aromatic rings. The van der Waals surface area contributed by atoms with E-state index < -0.39 is 12.6 Å². The summed E-state index contributed by atoms with van der Waals surface area (Å²) in [6.07, 6.45) is 4.87. The fourth-order valence-corrected chi connectivity index (χ4v) is 6.15. The molecule has 2 saturated heterocycles. The zero-order valence-electron chi connectivity index (χ0n) is 22.5. The van der Waals surface area contributed by atoms with Gasteiger partial charge in [0.05, 0.1) is 12.1 Å². The number of hydrogen-bond acceptors (Lipinski definition) is 7. The number of fused-ring (bicyclic) bond motifs is 1. The van der Waals surface area contributed by atoms with Crippen molar-refractivity contribution in [2.75, 3.05) is 25.4 Å². The number of ether oxygens (including phenoxy) is 1. The van der Waals surface area contributed by atoms with Gasteiger partial charge in [-0.05, 0) is 43.4 Å². The third kappa shape index (κ3) is 11.3. The first-order chi connectivity index (χ1) is 19.3. The minimum Gasteiger partial charge on any atom is -0.482 e. The lowest BCUT2D eigenvalue weighted by molar-refractivity contribution is -0.139. The number of carbonyl (C=O) groups is 5. The third-order valence-corrected chi connectivity index (χ3v) is 8.17. The largest absolute Gasteiger partial charge is 0.482 e. The molecule has 0 aromatic heterocycles. The molecular weight excluding hydrogens is 538 g/mol. The number of rotatable bonds is 18. The maximum atomic E-state index is 12.1. The molecule has 0 radical (unpaired) electrons. The van der Waals surface area contributed by atoms with Crippen molar-refractivity contribution in [1.82, 2.24) is 26.6 Å². The molecule has 0 spiro atoms. The molecule has 40 heavy (non-hydrogen) atoms. The average Bonchev–Trinajstić information content (AvgIpc) is 3.48. The number of urea groups is 1. The van der Waals surface area contributed by atoms with Crippen LogP contribution in [-0.2, 0) is 25.7 Å². The van der Waals surface area contributed by atoms with Gasteiger partial charge in [-0.2, -0.15) is 11.8 Å². The van der Waals surface area contributed by atoms with Crippen molar-refractivity contribution in [2.45, 2.75) is 75.2 Å². The summed E-state index contributed by atoms with van der Waals surface area (Å²) in [4.78, 5) is 58.1. The average molecular weight is 578 g/mol. The highest BCUT2D eigenvalue weighted by Gasteiger charge is 2.42. The van der Waals surface area contributed by atoms with Crippen molar-refractivity contribution in [3.05, 3.63) is 29.8 Å². The van der Waals surface area contributed by atoms with E-state index in [4.69, 9.17) is 9.84 Å². The topological polar surface area (TPSA) is 175 Å². The standard InChI is InChI=1S/C27H39N5O7S/c33-22(9-2-1-8-21-26-20(17-40-21)31-27(38)32-26)28-12-13-29-23(34)10-3-4-11-24(35)30-15-18-6-5-7-19(14-18)39-16-25(36)37/h5-7,14,20-21,26H,1-4,8-13,15-17H2,(H,28,33)(H,29,34)(H,30,35)(H,36,37)(H2,31,32,38)/t20-,21-,26-/m0/s1. The van der Waals surface area contributed by atoms with E-state index in [1.165, 1.54) is 0 Å². The molecule has 2 heterocycles. The number of thioether (sulfide) groups is 1. The number of hydrogen-bond donors (Lipinski definition) is 6. The van der Waals surface area contributed by atoms with Gasteiger partial charge >= 0.3 is 12.0 Å². The molecule has 0 saturated carbocycles. The maximum Gasteiger partial charge on any atom is 0.341 e. The van der Waals surface area contributed by atoms with Gasteiger partial charge in [-0.25, -0.2) is 9.59 Å². The van der Waals surface area contributed by atoms with Crippen LogP contribution in [0.2, 0.25) is 0 Å². The van der Waals surface area contributed by atoms with E-state index in [0.29, 0.717) is 62.7 Å². The fourth-order valence-electron chi connectivity index (χ4n) is 4.61. The lowest BCUT2D eigenvalue weighted by atomic mass is 10.0. The van der Waals surface area contributed by atoms with E-state index in [1.54, 1.807) is 18.2 Å². The van der Waals surface area contributed by atoms with Crippen LogP contribution in [0.5, 0.6) is 5.75 Å². The summed E-state index contributed by atoms with van der Waals surface area (Å²) in [5, 5.41) is 23.4. The van der Waals surface area contributed by atoms with E-state index in [-0.39, 0.29) is 35.8 Å². The Bertz CT molecular complexity index is 1040. The normalized spacial score (nSPS) is 19.2. The van der Waals surface area contributed by atoms with E-state index in [9.17, 15) is 24.0 Å². The highest BCUT2D eigenvalue weighted by atomic mass is 32.2. The van der Waals surface area contributed by atoms with Crippen LogP contribution in [0.25, 0.3) is 0 Å². The number of aliphatic carboxylic acids is 1. The lowest BCUT2D eigenvalue weighted by Crippen LogP contribution is -2.36. The molecular formula is C27H39N5O7S. The first-order valence-corrected chi connectivity index (χ1v) is 14.8. The maximum absolute atomic E-state index is 12.1. The van der Waals surface area contributed by atoms with Gasteiger partial charge in [0.1, 0.15) is 5.75 Å².